The molecule has 0 spiro atoms. The summed E-state index contributed by atoms with van der Waals surface area (Å²) in [5, 5.41) is 18.6. The molecule has 8 heteroatoms. The van der Waals surface area contributed by atoms with E-state index in [1.165, 1.54) is 6.07 Å². The Bertz CT molecular complexity index is 1370. The summed E-state index contributed by atoms with van der Waals surface area (Å²) in [6.07, 6.45) is 4.44. The zero-order chi connectivity index (χ0) is 22.3. The second-order valence-corrected chi connectivity index (χ2v) is 9.90. The number of benzene rings is 2. The van der Waals surface area contributed by atoms with Crippen LogP contribution in [0.4, 0.5) is 0 Å². The van der Waals surface area contributed by atoms with Crippen LogP contribution in [0.15, 0.2) is 70.3 Å². The summed E-state index contributed by atoms with van der Waals surface area (Å²) in [4.78, 5) is 6.98. The van der Waals surface area contributed by atoms with Gasteiger partial charge in [-0.25, -0.2) is 13.6 Å². The van der Waals surface area contributed by atoms with E-state index >= 15 is 0 Å². The normalized spacial score (nSPS) is 17.2. The molecule has 1 aliphatic rings. The molecule has 1 fully saturated rings. The van der Waals surface area contributed by atoms with Gasteiger partial charge in [0.1, 0.15) is 5.58 Å². The number of hydrogen-bond acceptors (Lipinski definition) is 6. The lowest BCUT2D eigenvalue weighted by atomic mass is 9.90. The van der Waals surface area contributed by atoms with Crippen molar-refractivity contribution < 1.29 is 17.9 Å². The number of β-amino-alcohol motifs (C(OH)–C–C–N with tert-alkyl or cyclic N) is 1. The fourth-order valence-corrected chi connectivity index (χ4v) is 5.52. The molecule has 1 aliphatic heterocycles. The van der Waals surface area contributed by atoms with Gasteiger partial charge in [-0.15, -0.1) is 0 Å². The average Bonchev–Trinajstić information content (AvgIpc) is 3.22. The number of primary sulfonamides is 1. The van der Waals surface area contributed by atoms with Crippen molar-refractivity contribution in [1.82, 2.24) is 9.88 Å². The highest BCUT2D eigenvalue weighted by Gasteiger charge is 2.26. The molecule has 1 unspecified atom stereocenters. The fourth-order valence-electron chi connectivity index (χ4n) is 4.76. The van der Waals surface area contributed by atoms with E-state index in [2.05, 4.69) is 9.88 Å². The van der Waals surface area contributed by atoms with Crippen LogP contribution in [-0.4, -0.2) is 43.0 Å². The molecule has 3 N–H and O–H groups in total. The Morgan fingerprint density at radius 3 is 2.59 bits per heavy atom. The molecule has 1 saturated heterocycles. The molecule has 166 valence electrons. The summed E-state index contributed by atoms with van der Waals surface area (Å²) in [5.74, 6) is 0.220. The minimum atomic E-state index is -3.81. The molecule has 0 aliphatic carbocycles. The molecule has 1 atom stereocenters. The Morgan fingerprint density at radius 2 is 1.81 bits per heavy atom. The van der Waals surface area contributed by atoms with Crippen LogP contribution in [0, 0.1) is 0 Å². The molecule has 0 amide bonds. The third kappa shape index (κ3) is 3.91. The molecule has 7 nitrogen and oxygen atoms in total. The zero-order valence-corrected chi connectivity index (χ0v) is 18.3. The number of likely N-dealkylation sites (tertiary alicyclic amines) is 1. The van der Waals surface area contributed by atoms with E-state index in [-0.39, 0.29) is 10.8 Å². The van der Waals surface area contributed by atoms with Gasteiger partial charge >= 0.3 is 0 Å². The number of fused-ring (bicyclic) bond motifs is 2. The highest BCUT2D eigenvalue weighted by molar-refractivity contribution is 7.89. The van der Waals surface area contributed by atoms with Crippen LogP contribution in [0.25, 0.3) is 21.7 Å². The number of furan rings is 1. The lowest BCUT2D eigenvalue weighted by molar-refractivity contribution is 0.0974. The van der Waals surface area contributed by atoms with Crippen LogP contribution in [0.3, 0.4) is 0 Å². The molecule has 5 rings (SSSR count). The Hall–Kier alpha value is -2.78. The number of aromatic nitrogens is 1. The first-order chi connectivity index (χ1) is 15.4. The number of nitrogens with zero attached hydrogens (tertiary/aromatic N) is 2. The first kappa shape index (κ1) is 21.1. The first-order valence-corrected chi connectivity index (χ1v) is 12.2. The molecule has 0 bridgehead atoms. The van der Waals surface area contributed by atoms with Gasteiger partial charge in [0, 0.05) is 40.4 Å². The summed E-state index contributed by atoms with van der Waals surface area (Å²) in [6.45, 7) is 2.18. The van der Waals surface area contributed by atoms with E-state index in [1.807, 2.05) is 30.3 Å². The number of rotatable bonds is 5. The summed E-state index contributed by atoms with van der Waals surface area (Å²) < 4.78 is 29.5. The number of piperidine rings is 1. The van der Waals surface area contributed by atoms with E-state index < -0.39 is 16.1 Å². The highest BCUT2D eigenvalue weighted by Crippen LogP contribution is 2.34. The maximum Gasteiger partial charge on any atom is 0.238 e. The van der Waals surface area contributed by atoms with Gasteiger partial charge in [0.15, 0.2) is 0 Å². The standard InChI is InChI=1S/C24H25N3O4S/c25-32(29,30)23-7-3-5-19-18(23)8-11-26-24(19)16-9-12-27(13-10-16)14-21(28)20-15-31-22-6-2-1-4-17(20)22/h1-8,11,15-16,21,28H,9-10,12-14H2,(H2,25,29,30). The molecular weight excluding hydrogens is 426 g/mol. The summed E-state index contributed by atoms with van der Waals surface area (Å²) in [6, 6.07) is 14.6. The molecule has 0 saturated carbocycles. The van der Waals surface area contributed by atoms with Crippen molar-refractivity contribution in [3.8, 4) is 0 Å². The molecule has 4 aromatic rings. The molecule has 0 radical (unpaired) electrons. The van der Waals surface area contributed by atoms with Crippen molar-refractivity contribution in [3.63, 3.8) is 0 Å². The Balaban J connectivity index is 1.31. The van der Waals surface area contributed by atoms with Gasteiger partial charge in [-0.2, -0.15) is 0 Å². The van der Waals surface area contributed by atoms with E-state index in [1.54, 1.807) is 24.6 Å². The van der Waals surface area contributed by atoms with Gasteiger partial charge < -0.3 is 14.4 Å². The maximum absolute atomic E-state index is 12.0. The van der Waals surface area contributed by atoms with Crippen molar-refractivity contribution in [1.29, 1.82) is 0 Å². The molecule has 32 heavy (non-hydrogen) atoms. The highest BCUT2D eigenvalue weighted by atomic mass is 32.2. The quantitative estimate of drug-likeness (QED) is 0.480. The van der Waals surface area contributed by atoms with Crippen LogP contribution in [0.1, 0.15) is 36.1 Å². The van der Waals surface area contributed by atoms with Crippen molar-refractivity contribution >= 4 is 31.8 Å². The number of hydrogen-bond donors (Lipinski definition) is 2. The van der Waals surface area contributed by atoms with Gasteiger partial charge in [0.25, 0.3) is 0 Å². The topological polar surface area (TPSA) is 110 Å². The monoisotopic (exact) mass is 451 g/mol. The number of aliphatic hydroxyl groups is 1. The van der Waals surface area contributed by atoms with Crippen LogP contribution >= 0.6 is 0 Å². The lowest BCUT2D eigenvalue weighted by Gasteiger charge is -2.33. The number of para-hydroxylation sites is 1. The SMILES string of the molecule is NS(=O)(=O)c1cccc2c(C3CCN(CC(O)c4coc5ccccc45)CC3)nccc12. The van der Waals surface area contributed by atoms with E-state index in [4.69, 9.17) is 9.56 Å². The largest absolute Gasteiger partial charge is 0.464 e. The van der Waals surface area contributed by atoms with Gasteiger partial charge in [-0.05, 0) is 44.1 Å². The van der Waals surface area contributed by atoms with E-state index in [0.29, 0.717) is 11.9 Å². The molecule has 3 heterocycles. The average molecular weight is 452 g/mol. The smallest absolute Gasteiger partial charge is 0.238 e. The van der Waals surface area contributed by atoms with Crippen LogP contribution in [-0.2, 0) is 10.0 Å². The Morgan fingerprint density at radius 1 is 1.06 bits per heavy atom. The van der Waals surface area contributed by atoms with Gasteiger partial charge in [-0.1, -0.05) is 30.3 Å². The Kier molecular flexibility index (Phi) is 5.46. The number of nitrogens with two attached hydrogens (primary N) is 1. The van der Waals surface area contributed by atoms with Crippen LogP contribution in [0.5, 0.6) is 0 Å². The van der Waals surface area contributed by atoms with Crippen LogP contribution in [0.2, 0.25) is 0 Å². The minimum absolute atomic E-state index is 0.131. The van der Waals surface area contributed by atoms with Crippen molar-refractivity contribution in [2.24, 2.45) is 5.14 Å². The third-order valence-corrected chi connectivity index (χ3v) is 7.35. The fraction of sp³-hybridized carbons (Fsp3) is 0.292. The second-order valence-electron chi connectivity index (χ2n) is 8.37. The van der Waals surface area contributed by atoms with Gasteiger partial charge in [-0.3, -0.25) is 4.98 Å². The first-order valence-electron chi connectivity index (χ1n) is 10.7. The van der Waals surface area contributed by atoms with E-state index in [0.717, 1.165) is 53.5 Å². The lowest BCUT2D eigenvalue weighted by Crippen LogP contribution is -2.36. The van der Waals surface area contributed by atoms with Crippen molar-refractivity contribution in [3.05, 3.63) is 72.2 Å². The number of pyridine rings is 1. The number of sulfonamides is 1. The van der Waals surface area contributed by atoms with Gasteiger partial charge in [0.2, 0.25) is 10.0 Å². The predicted octanol–water partition coefficient (Wildman–Crippen LogP) is 3.54. The second kappa shape index (κ2) is 8.29. The molecule has 2 aromatic carbocycles. The summed E-state index contributed by atoms with van der Waals surface area (Å²) in [5.41, 5.74) is 2.50. The van der Waals surface area contributed by atoms with Crippen LogP contribution < -0.4 is 5.14 Å². The minimum Gasteiger partial charge on any atom is -0.464 e. The zero-order valence-electron chi connectivity index (χ0n) is 17.5. The summed E-state index contributed by atoms with van der Waals surface area (Å²) in [7, 11) is -3.81. The van der Waals surface area contributed by atoms with Crippen molar-refractivity contribution in [2.75, 3.05) is 19.6 Å². The summed E-state index contributed by atoms with van der Waals surface area (Å²) >= 11 is 0. The number of aliphatic hydroxyl groups excluding tert-OH is 1. The van der Waals surface area contributed by atoms with Gasteiger partial charge in [0.05, 0.1) is 23.0 Å². The third-order valence-electron chi connectivity index (χ3n) is 6.38. The predicted molar refractivity (Wildman–Crippen MR) is 123 cm³/mol. The Labute approximate surface area is 186 Å². The van der Waals surface area contributed by atoms with E-state index in [9.17, 15) is 13.5 Å². The maximum atomic E-state index is 12.0. The molecule has 2 aromatic heterocycles. The van der Waals surface area contributed by atoms with Crippen molar-refractivity contribution in [2.45, 2.75) is 29.8 Å². The molecular formula is C24H25N3O4S.